The number of rotatable bonds is 8. The van der Waals surface area contributed by atoms with Crippen molar-refractivity contribution in [3.63, 3.8) is 0 Å². The third-order valence-electron chi connectivity index (χ3n) is 8.38. The molecule has 2 aliphatic heterocycles. The van der Waals surface area contributed by atoms with Crippen LogP contribution in [0.5, 0.6) is 0 Å². The Balaban J connectivity index is 0.000000181. The zero-order valence-electron chi connectivity index (χ0n) is 27.8. The molecule has 250 valence electrons. The zero-order chi connectivity index (χ0) is 33.7. The smallest absolute Gasteiger partial charge is 0.211 e. The lowest BCUT2D eigenvalue weighted by Gasteiger charge is -2.32. The molecule has 2 saturated heterocycles. The minimum Gasteiger partial charge on any atom is -0.357 e. The van der Waals surface area contributed by atoms with Gasteiger partial charge < -0.3 is 10.2 Å². The molecule has 12 heteroatoms. The summed E-state index contributed by atoms with van der Waals surface area (Å²) in [6.07, 6.45) is 16.1. The van der Waals surface area contributed by atoms with Gasteiger partial charge in [-0.25, -0.2) is 15.0 Å². The van der Waals surface area contributed by atoms with E-state index >= 15 is 0 Å². The van der Waals surface area contributed by atoms with Gasteiger partial charge in [-0.3, -0.25) is 24.6 Å². The van der Waals surface area contributed by atoms with Crippen molar-refractivity contribution in [1.29, 1.82) is 0 Å². The number of H-pyrrole nitrogens is 1. The second-order valence-electron chi connectivity index (χ2n) is 11.9. The lowest BCUT2D eigenvalue weighted by Crippen LogP contribution is -2.39. The van der Waals surface area contributed by atoms with Crippen LogP contribution in [0.2, 0.25) is 0 Å². The highest BCUT2D eigenvalue weighted by molar-refractivity contribution is 7.97. The minimum atomic E-state index is 0.212. The van der Waals surface area contributed by atoms with Crippen molar-refractivity contribution in [1.82, 2.24) is 35.0 Å². The summed E-state index contributed by atoms with van der Waals surface area (Å²) in [5.74, 6) is 2.30. The van der Waals surface area contributed by atoms with E-state index in [9.17, 15) is 9.59 Å². The highest BCUT2D eigenvalue weighted by Gasteiger charge is 2.27. The van der Waals surface area contributed by atoms with Crippen LogP contribution in [0.4, 0.5) is 11.5 Å². The van der Waals surface area contributed by atoms with Gasteiger partial charge in [-0.15, -0.1) is 0 Å². The van der Waals surface area contributed by atoms with E-state index in [1.54, 1.807) is 36.4 Å². The molecule has 2 aliphatic rings. The predicted molar refractivity (Wildman–Crippen MR) is 194 cm³/mol. The van der Waals surface area contributed by atoms with Gasteiger partial charge >= 0.3 is 0 Å². The Labute approximate surface area is 286 Å². The molecule has 0 spiro atoms. The molecule has 0 atom stereocenters. The van der Waals surface area contributed by atoms with Crippen molar-refractivity contribution in [3.05, 3.63) is 79.0 Å². The molecule has 0 saturated carbocycles. The van der Waals surface area contributed by atoms with E-state index in [-0.39, 0.29) is 5.92 Å². The van der Waals surface area contributed by atoms with Gasteiger partial charge in [0.15, 0.2) is 5.82 Å². The number of thioether (sulfide) groups is 1. The quantitative estimate of drug-likeness (QED) is 0.193. The first-order valence-electron chi connectivity index (χ1n) is 16.2. The van der Waals surface area contributed by atoms with E-state index < -0.39 is 0 Å². The highest BCUT2D eigenvalue weighted by atomic mass is 32.2. The summed E-state index contributed by atoms with van der Waals surface area (Å²) in [6, 6.07) is 15.4. The van der Waals surface area contributed by atoms with Gasteiger partial charge in [0.1, 0.15) is 17.3 Å². The molecule has 2 fully saturated rings. The van der Waals surface area contributed by atoms with Gasteiger partial charge in [0.2, 0.25) is 6.41 Å². The fourth-order valence-corrected chi connectivity index (χ4v) is 5.96. The number of amides is 1. The van der Waals surface area contributed by atoms with Crippen molar-refractivity contribution in [2.75, 3.05) is 55.5 Å². The second-order valence-corrected chi connectivity index (χ2v) is 12.7. The standard InChI is InChI=1S/C20H25N5O.C14H12N4O.C2H6S/c26-18(15-24-10-1-2-11-24)16-6-12-25(13-7-16)19-5-4-17(14-23-19)20-21-8-3-9-22-20;1-9-6-10(4-5-15-9)14-12-7-11(16-8-19)2-3-13(12)17-18-14;1-3-2/h3-5,8-9,14,16H,1-2,6-7,10-13,15H2;2-8H,1H3,(H,16,19)(H,17,18);1-2H3. The molecule has 48 heavy (non-hydrogen) atoms. The van der Waals surface area contributed by atoms with Crippen LogP contribution < -0.4 is 10.2 Å². The van der Waals surface area contributed by atoms with Crippen LogP contribution in [0.1, 0.15) is 31.4 Å². The van der Waals surface area contributed by atoms with Crippen LogP contribution in [0.25, 0.3) is 33.5 Å². The fourth-order valence-electron chi connectivity index (χ4n) is 5.96. The summed E-state index contributed by atoms with van der Waals surface area (Å²) in [4.78, 5) is 44.9. The maximum absolute atomic E-state index is 12.5. The molecule has 4 aromatic heterocycles. The number of ketones is 1. The van der Waals surface area contributed by atoms with E-state index in [0.29, 0.717) is 24.6 Å². The number of anilines is 2. The first kappa shape index (κ1) is 34.6. The van der Waals surface area contributed by atoms with Crippen molar-refractivity contribution in [2.45, 2.75) is 32.6 Å². The number of hydrogen-bond donors (Lipinski definition) is 2. The van der Waals surface area contributed by atoms with E-state index in [1.807, 2.05) is 68.1 Å². The fraction of sp³-hybridized carbons (Fsp3) is 0.361. The Bertz CT molecular complexity index is 1750. The van der Waals surface area contributed by atoms with Crippen LogP contribution in [0.15, 0.2) is 73.3 Å². The summed E-state index contributed by atoms with van der Waals surface area (Å²) in [5.41, 5.74) is 5.40. The Morgan fingerprint density at radius 2 is 1.69 bits per heavy atom. The summed E-state index contributed by atoms with van der Waals surface area (Å²) in [6.45, 7) is 6.56. The van der Waals surface area contributed by atoms with Crippen LogP contribution >= 0.6 is 11.8 Å². The van der Waals surface area contributed by atoms with Gasteiger partial charge in [0.25, 0.3) is 0 Å². The number of aryl methyl sites for hydroxylation is 1. The number of aromatic amines is 1. The molecule has 0 bridgehead atoms. The number of fused-ring (bicyclic) bond motifs is 1. The monoisotopic (exact) mass is 665 g/mol. The number of nitrogens with zero attached hydrogens (tertiary/aromatic N) is 7. The Morgan fingerprint density at radius 3 is 2.35 bits per heavy atom. The number of hydrogen-bond acceptors (Lipinski definition) is 10. The molecule has 2 N–H and O–H groups in total. The number of aromatic nitrogens is 6. The molecule has 1 aromatic carbocycles. The number of carbonyl (C=O) groups is 2. The highest BCUT2D eigenvalue weighted by Crippen LogP contribution is 2.28. The van der Waals surface area contributed by atoms with Crippen LogP contribution in [0, 0.1) is 12.8 Å². The summed E-state index contributed by atoms with van der Waals surface area (Å²) < 4.78 is 0. The molecule has 0 unspecified atom stereocenters. The number of likely N-dealkylation sites (tertiary alicyclic amines) is 1. The minimum absolute atomic E-state index is 0.212. The Morgan fingerprint density at radius 1 is 0.938 bits per heavy atom. The van der Waals surface area contributed by atoms with Gasteiger partial charge in [-0.05, 0) is 107 Å². The van der Waals surface area contributed by atoms with Crippen LogP contribution in [0.3, 0.4) is 0 Å². The second kappa shape index (κ2) is 17.5. The van der Waals surface area contributed by atoms with Gasteiger partial charge in [-0.1, -0.05) is 0 Å². The number of benzene rings is 1. The summed E-state index contributed by atoms with van der Waals surface area (Å²) in [5, 5.41) is 10.9. The third-order valence-corrected chi connectivity index (χ3v) is 8.38. The van der Waals surface area contributed by atoms with Gasteiger partial charge in [0.05, 0.1) is 12.1 Å². The van der Waals surface area contributed by atoms with Crippen molar-refractivity contribution < 1.29 is 9.59 Å². The molecule has 0 radical (unpaired) electrons. The number of nitrogens with one attached hydrogen (secondary N) is 2. The van der Waals surface area contributed by atoms with Crippen LogP contribution in [-0.2, 0) is 9.59 Å². The lowest BCUT2D eigenvalue weighted by molar-refractivity contribution is -0.124. The molecule has 0 aliphatic carbocycles. The van der Waals surface area contributed by atoms with Crippen LogP contribution in [-0.4, -0.2) is 92.5 Å². The number of piperidine rings is 1. The average Bonchev–Trinajstić information content (AvgIpc) is 3.80. The van der Waals surface area contributed by atoms with E-state index in [0.717, 1.165) is 83.9 Å². The lowest BCUT2D eigenvalue weighted by atomic mass is 9.92. The molecule has 11 nitrogen and oxygen atoms in total. The maximum Gasteiger partial charge on any atom is 0.211 e. The third kappa shape index (κ3) is 9.23. The van der Waals surface area contributed by atoms with Crippen molar-refractivity contribution in [3.8, 4) is 22.6 Å². The topological polar surface area (TPSA) is 133 Å². The van der Waals surface area contributed by atoms with Crippen molar-refractivity contribution >= 4 is 46.4 Å². The molecular weight excluding hydrogens is 623 g/mol. The molecule has 7 rings (SSSR count). The predicted octanol–water partition coefficient (Wildman–Crippen LogP) is 5.90. The summed E-state index contributed by atoms with van der Waals surface area (Å²) in [7, 11) is 0. The summed E-state index contributed by atoms with van der Waals surface area (Å²) >= 11 is 1.75. The van der Waals surface area contributed by atoms with E-state index in [4.69, 9.17) is 0 Å². The van der Waals surface area contributed by atoms with Crippen molar-refractivity contribution in [2.24, 2.45) is 5.92 Å². The van der Waals surface area contributed by atoms with Gasteiger partial charge in [-0.2, -0.15) is 16.9 Å². The normalized spacial score (nSPS) is 14.9. The Hall–Kier alpha value is -4.68. The van der Waals surface area contributed by atoms with E-state index in [2.05, 4.69) is 45.2 Å². The first-order valence-corrected chi connectivity index (χ1v) is 17.9. The zero-order valence-corrected chi connectivity index (χ0v) is 28.6. The Kier molecular flexibility index (Phi) is 12.6. The number of pyridine rings is 2. The number of carbonyl (C=O) groups excluding carboxylic acids is 2. The first-order chi connectivity index (χ1) is 23.5. The SMILES string of the molecule is CSC.Cc1cc(-c2n[nH]c3ccc(NC=O)cc23)ccn1.O=C(CN1CCCC1)C1CCN(c2ccc(-c3ncccn3)cn2)CC1. The molecule has 5 aromatic rings. The molecular formula is C36H43N9O2S. The van der Waals surface area contributed by atoms with E-state index in [1.165, 1.54) is 12.8 Å². The molecule has 1 amide bonds. The maximum atomic E-state index is 12.5. The molecule has 6 heterocycles. The number of Topliss-reactive ketones (excluding diaryl/α,β-unsaturated/α-hetero) is 1. The van der Waals surface area contributed by atoms with Gasteiger partial charge in [0, 0.05) is 71.7 Å². The average molecular weight is 666 g/mol. The largest absolute Gasteiger partial charge is 0.357 e.